The highest BCUT2D eigenvalue weighted by molar-refractivity contribution is 6.70. The predicted octanol–water partition coefficient (Wildman–Crippen LogP) is 5.27. The highest BCUT2D eigenvalue weighted by Gasteiger charge is 2.19. The van der Waals surface area contributed by atoms with E-state index in [1.54, 1.807) is 19.2 Å². The Bertz CT molecular complexity index is 1080. The van der Waals surface area contributed by atoms with Crippen LogP contribution in [0.15, 0.2) is 48.8 Å². The third-order valence-electron chi connectivity index (χ3n) is 4.11. The average molecular weight is 399 g/mol. The molecule has 6 nitrogen and oxygen atoms in total. The second kappa shape index (κ2) is 7.90. The molecule has 0 fully saturated rings. The van der Waals surface area contributed by atoms with Crippen molar-refractivity contribution in [2.45, 2.75) is 19.6 Å². The maximum atomic E-state index is 9.38. The SMILES string of the molecule is COc1cc2cc[nH]c2cc1O.COc1cc2cc[nH]c2cc1O[Si](C)(C)C. The summed E-state index contributed by atoms with van der Waals surface area (Å²) in [5, 5.41) is 11.6. The molecule has 2 aromatic carbocycles. The maximum Gasteiger partial charge on any atom is 0.242 e. The van der Waals surface area contributed by atoms with Gasteiger partial charge in [0, 0.05) is 46.3 Å². The van der Waals surface area contributed by atoms with Gasteiger partial charge < -0.3 is 29.0 Å². The van der Waals surface area contributed by atoms with Crippen molar-refractivity contribution < 1.29 is 19.0 Å². The van der Waals surface area contributed by atoms with Gasteiger partial charge in [-0.05, 0) is 43.9 Å². The fourth-order valence-corrected chi connectivity index (χ4v) is 3.68. The molecule has 4 rings (SSSR count). The summed E-state index contributed by atoms with van der Waals surface area (Å²) in [5.74, 6) is 2.29. The van der Waals surface area contributed by atoms with E-state index < -0.39 is 8.32 Å². The number of aromatic nitrogens is 2. The molecule has 148 valence electrons. The minimum Gasteiger partial charge on any atom is -0.542 e. The second-order valence-corrected chi connectivity index (χ2v) is 11.8. The van der Waals surface area contributed by atoms with Gasteiger partial charge in [0.25, 0.3) is 0 Å². The standard InChI is InChI=1S/C12H17NO2Si.C9H9NO2/c1-14-11-7-9-5-6-13-10(9)8-12(11)15-16(2,3)4;1-12-9-4-6-2-3-10-7(6)5-8(9)11/h5-8,13H,1-4H3;2-5,10-11H,1H3. The molecule has 0 aliphatic rings. The van der Waals surface area contributed by atoms with E-state index in [1.807, 2.05) is 36.7 Å². The predicted molar refractivity (Wildman–Crippen MR) is 115 cm³/mol. The fraction of sp³-hybridized carbons (Fsp3) is 0.238. The molecule has 0 amide bonds. The molecule has 4 aromatic rings. The van der Waals surface area contributed by atoms with E-state index in [0.29, 0.717) is 5.75 Å². The quantitative estimate of drug-likeness (QED) is 0.409. The van der Waals surface area contributed by atoms with Crippen LogP contribution in [-0.4, -0.2) is 37.6 Å². The molecule has 2 aromatic heterocycles. The monoisotopic (exact) mass is 398 g/mol. The van der Waals surface area contributed by atoms with Crippen LogP contribution in [0.2, 0.25) is 19.6 Å². The van der Waals surface area contributed by atoms with Gasteiger partial charge in [-0.15, -0.1) is 0 Å². The minimum absolute atomic E-state index is 0.160. The van der Waals surface area contributed by atoms with Crippen molar-refractivity contribution >= 4 is 30.1 Å². The van der Waals surface area contributed by atoms with Crippen molar-refractivity contribution in [3.05, 3.63) is 48.8 Å². The van der Waals surface area contributed by atoms with Crippen LogP contribution in [0.3, 0.4) is 0 Å². The average Bonchev–Trinajstić information content (AvgIpc) is 3.27. The number of methoxy groups -OCH3 is 2. The van der Waals surface area contributed by atoms with Gasteiger partial charge in [0.15, 0.2) is 17.2 Å². The highest BCUT2D eigenvalue weighted by atomic mass is 28.4. The smallest absolute Gasteiger partial charge is 0.242 e. The lowest BCUT2D eigenvalue weighted by atomic mass is 10.2. The number of phenolic OH excluding ortho intramolecular Hbond substituents is 1. The Morgan fingerprint density at radius 3 is 1.82 bits per heavy atom. The summed E-state index contributed by atoms with van der Waals surface area (Å²) in [7, 11) is 1.60. The topological polar surface area (TPSA) is 79.5 Å². The summed E-state index contributed by atoms with van der Waals surface area (Å²) in [5.41, 5.74) is 1.99. The number of ether oxygens (including phenoxy) is 2. The summed E-state index contributed by atoms with van der Waals surface area (Å²) in [6, 6.07) is 11.4. The molecule has 0 bridgehead atoms. The second-order valence-electron chi connectivity index (χ2n) is 7.37. The van der Waals surface area contributed by atoms with Gasteiger partial charge in [-0.1, -0.05) is 0 Å². The molecule has 2 heterocycles. The van der Waals surface area contributed by atoms with Crippen molar-refractivity contribution in [2.75, 3.05) is 14.2 Å². The number of benzene rings is 2. The number of H-pyrrole nitrogens is 2. The summed E-state index contributed by atoms with van der Waals surface area (Å²) in [4.78, 5) is 6.17. The molecule has 0 unspecified atom stereocenters. The van der Waals surface area contributed by atoms with Crippen molar-refractivity contribution in [1.29, 1.82) is 0 Å². The lowest BCUT2D eigenvalue weighted by Gasteiger charge is -2.21. The van der Waals surface area contributed by atoms with Crippen LogP contribution >= 0.6 is 0 Å². The van der Waals surface area contributed by atoms with Gasteiger partial charge in [0.1, 0.15) is 5.75 Å². The van der Waals surface area contributed by atoms with Crippen LogP contribution in [0.25, 0.3) is 21.8 Å². The normalized spacial score (nSPS) is 11.2. The lowest BCUT2D eigenvalue weighted by molar-refractivity contribution is 0.374. The van der Waals surface area contributed by atoms with Crippen molar-refractivity contribution in [3.63, 3.8) is 0 Å². The third kappa shape index (κ3) is 4.43. The van der Waals surface area contributed by atoms with Crippen molar-refractivity contribution in [3.8, 4) is 23.0 Å². The van der Waals surface area contributed by atoms with Gasteiger partial charge in [-0.2, -0.15) is 0 Å². The zero-order valence-electron chi connectivity index (χ0n) is 16.8. The fourth-order valence-electron chi connectivity index (χ4n) is 2.86. The van der Waals surface area contributed by atoms with E-state index >= 15 is 0 Å². The summed E-state index contributed by atoms with van der Waals surface area (Å²) in [6.07, 6.45) is 3.74. The maximum absolute atomic E-state index is 9.38. The van der Waals surface area contributed by atoms with E-state index in [4.69, 9.17) is 13.9 Å². The number of fused-ring (bicyclic) bond motifs is 2. The Balaban J connectivity index is 0.000000167. The van der Waals surface area contributed by atoms with Gasteiger partial charge in [-0.3, -0.25) is 0 Å². The van der Waals surface area contributed by atoms with Gasteiger partial charge in [0.2, 0.25) is 8.32 Å². The van der Waals surface area contributed by atoms with Crippen LogP contribution in [0.5, 0.6) is 23.0 Å². The zero-order chi connectivity index (χ0) is 20.3. The first-order valence-electron chi connectivity index (χ1n) is 8.99. The van der Waals surface area contributed by atoms with Gasteiger partial charge >= 0.3 is 0 Å². The molecule has 0 spiro atoms. The van der Waals surface area contributed by atoms with E-state index in [1.165, 1.54) is 7.11 Å². The van der Waals surface area contributed by atoms with Crippen LogP contribution < -0.4 is 13.9 Å². The first-order valence-corrected chi connectivity index (χ1v) is 12.4. The molecule has 3 N–H and O–H groups in total. The number of rotatable bonds is 4. The Hall–Kier alpha value is -3.06. The Labute approximate surface area is 165 Å². The molecular formula is C21H26N2O4Si. The van der Waals surface area contributed by atoms with E-state index in [0.717, 1.165) is 33.3 Å². The van der Waals surface area contributed by atoms with Crippen LogP contribution in [0.4, 0.5) is 0 Å². The molecule has 0 saturated heterocycles. The van der Waals surface area contributed by atoms with E-state index in [2.05, 4.69) is 29.6 Å². The number of nitrogens with one attached hydrogen (secondary N) is 2. The summed E-state index contributed by atoms with van der Waals surface area (Å²) in [6.45, 7) is 6.47. The number of hydrogen-bond acceptors (Lipinski definition) is 4. The molecule has 0 aliphatic carbocycles. The lowest BCUT2D eigenvalue weighted by Crippen LogP contribution is -2.29. The van der Waals surface area contributed by atoms with Crippen LogP contribution in [0.1, 0.15) is 0 Å². The summed E-state index contributed by atoms with van der Waals surface area (Å²) >= 11 is 0. The highest BCUT2D eigenvalue weighted by Crippen LogP contribution is 2.33. The first-order chi connectivity index (χ1) is 13.3. The number of aromatic hydroxyl groups is 1. The number of phenols is 1. The zero-order valence-corrected chi connectivity index (χ0v) is 17.8. The molecule has 28 heavy (non-hydrogen) atoms. The Morgan fingerprint density at radius 1 is 0.750 bits per heavy atom. The van der Waals surface area contributed by atoms with E-state index in [-0.39, 0.29) is 5.75 Å². The molecule has 0 saturated carbocycles. The van der Waals surface area contributed by atoms with Crippen LogP contribution in [0, 0.1) is 0 Å². The van der Waals surface area contributed by atoms with Gasteiger partial charge in [-0.25, -0.2) is 0 Å². The Morgan fingerprint density at radius 2 is 1.29 bits per heavy atom. The molecule has 0 aliphatic heterocycles. The minimum atomic E-state index is -1.61. The Kier molecular flexibility index (Phi) is 5.55. The third-order valence-corrected chi connectivity index (χ3v) is 4.94. The van der Waals surface area contributed by atoms with Crippen molar-refractivity contribution in [2.24, 2.45) is 0 Å². The molecular weight excluding hydrogens is 372 g/mol. The first kappa shape index (κ1) is 19.7. The van der Waals surface area contributed by atoms with Crippen LogP contribution in [-0.2, 0) is 0 Å². The molecule has 7 heteroatoms. The van der Waals surface area contributed by atoms with E-state index in [9.17, 15) is 5.11 Å². The molecule has 0 radical (unpaired) electrons. The number of aromatic amines is 2. The number of hydrogen-bond donors (Lipinski definition) is 3. The molecule has 0 atom stereocenters. The summed E-state index contributed by atoms with van der Waals surface area (Å²) < 4.78 is 16.3. The largest absolute Gasteiger partial charge is 0.542 e. The van der Waals surface area contributed by atoms with Crippen molar-refractivity contribution in [1.82, 2.24) is 9.97 Å². The van der Waals surface area contributed by atoms with Gasteiger partial charge in [0.05, 0.1) is 14.2 Å².